The maximum absolute atomic E-state index is 10.6. The number of carboxylic acid groups (broad SMARTS) is 1. The first-order chi connectivity index (χ1) is 7.18. The van der Waals surface area contributed by atoms with Gasteiger partial charge in [0.05, 0.1) is 0 Å². The van der Waals surface area contributed by atoms with E-state index >= 15 is 0 Å². The minimum atomic E-state index is -0.972. The number of H-pyrrole nitrogens is 1. The van der Waals surface area contributed by atoms with E-state index in [9.17, 15) is 4.79 Å². The minimum absolute atomic E-state index is 0. The summed E-state index contributed by atoms with van der Waals surface area (Å²) in [7, 11) is 0. The van der Waals surface area contributed by atoms with Crippen LogP contribution in [0.2, 0.25) is 0 Å². The molecule has 1 aromatic heterocycles. The molecule has 4 nitrogen and oxygen atoms in total. The zero-order valence-corrected chi connectivity index (χ0v) is 10.7. The van der Waals surface area contributed by atoms with E-state index < -0.39 is 12.0 Å². The van der Waals surface area contributed by atoms with E-state index in [0.717, 1.165) is 16.5 Å². The summed E-state index contributed by atoms with van der Waals surface area (Å²) in [5.74, 6) is -0.972. The minimum Gasteiger partial charge on any atom is -0.480 e. The fourth-order valence-electron chi connectivity index (χ4n) is 1.62. The molecule has 82 valence electrons. The summed E-state index contributed by atoms with van der Waals surface area (Å²) in [4.78, 5) is 13.7. The Morgan fingerprint density at radius 3 is 2.81 bits per heavy atom. The molecule has 4 N–H and O–H groups in total. The van der Waals surface area contributed by atoms with Gasteiger partial charge in [-0.2, -0.15) is 0 Å². The number of fused-ring (bicyclic) bond motifs is 1. The molecule has 1 unspecified atom stereocenters. The van der Waals surface area contributed by atoms with E-state index in [0.29, 0.717) is 6.42 Å². The van der Waals surface area contributed by atoms with Gasteiger partial charge in [-0.15, -0.1) is 0 Å². The van der Waals surface area contributed by atoms with E-state index in [4.69, 9.17) is 10.8 Å². The molecule has 0 fully saturated rings. The maximum Gasteiger partial charge on any atom is 0.320 e. The van der Waals surface area contributed by atoms with Gasteiger partial charge in [0, 0.05) is 41.1 Å². The standard InChI is InChI=1S/C11H12N2O2.Ge/c12-9(11(14)15)5-7-6-13-10-4-2-1-3-8(7)10;/h1-4,6,9,13H,5,12H2,(H,14,15);. The molecule has 0 bridgehead atoms. The van der Waals surface area contributed by atoms with Crippen LogP contribution in [0.4, 0.5) is 0 Å². The third-order valence-electron chi connectivity index (χ3n) is 2.43. The summed E-state index contributed by atoms with van der Waals surface area (Å²) in [6, 6.07) is 6.91. The van der Waals surface area contributed by atoms with E-state index in [1.165, 1.54) is 0 Å². The normalized spacial score (nSPS) is 12.1. The molecule has 2 rings (SSSR count). The number of hydrogen-bond acceptors (Lipinski definition) is 2. The molecule has 0 aliphatic heterocycles. The average molecular weight is 277 g/mol. The largest absolute Gasteiger partial charge is 0.480 e. The van der Waals surface area contributed by atoms with Crippen LogP contribution in [-0.4, -0.2) is 39.7 Å². The predicted molar refractivity (Wildman–Crippen MR) is 63.4 cm³/mol. The predicted octanol–water partition coefficient (Wildman–Crippen LogP) is 0.742. The first kappa shape index (κ1) is 12.8. The second-order valence-electron chi connectivity index (χ2n) is 3.51. The Balaban J connectivity index is 0.00000128. The van der Waals surface area contributed by atoms with Gasteiger partial charge in [0.1, 0.15) is 6.04 Å². The van der Waals surface area contributed by atoms with Gasteiger partial charge in [0.15, 0.2) is 0 Å². The zero-order chi connectivity index (χ0) is 10.8. The number of benzene rings is 1. The van der Waals surface area contributed by atoms with Crippen LogP contribution in [0.1, 0.15) is 5.56 Å². The van der Waals surface area contributed by atoms with E-state index in [1.54, 1.807) is 0 Å². The number of nitrogens with one attached hydrogen (secondary N) is 1. The fourth-order valence-corrected chi connectivity index (χ4v) is 1.62. The molecule has 0 saturated heterocycles. The topological polar surface area (TPSA) is 79.1 Å². The number of para-hydroxylation sites is 1. The quantitative estimate of drug-likeness (QED) is 0.724. The summed E-state index contributed by atoms with van der Waals surface area (Å²) in [6.07, 6.45) is 2.16. The van der Waals surface area contributed by atoms with Gasteiger partial charge in [-0.3, -0.25) is 4.79 Å². The van der Waals surface area contributed by atoms with Gasteiger partial charge in [-0.25, -0.2) is 0 Å². The van der Waals surface area contributed by atoms with Gasteiger partial charge in [-0.05, 0) is 11.6 Å². The Hall–Kier alpha value is -1.27. The first-order valence-corrected chi connectivity index (χ1v) is 4.72. The van der Waals surface area contributed by atoms with Crippen molar-refractivity contribution in [3.8, 4) is 0 Å². The molecule has 5 heteroatoms. The second kappa shape index (κ2) is 5.18. The van der Waals surface area contributed by atoms with Crippen molar-refractivity contribution in [3.05, 3.63) is 36.0 Å². The molecule has 0 aliphatic rings. The van der Waals surface area contributed by atoms with Crippen molar-refractivity contribution in [3.63, 3.8) is 0 Å². The summed E-state index contributed by atoms with van der Waals surface area (Å²) in [5, 5.41) is 9.75. The molecular weight excluding hydrogens is 265 g/mol. The van der Waals surface area contributed by atoms with Gasteiger partial charge >= 0.3 is 5.97 Å². The van der Waals surface area contributed by atoms with Crippen LogP contribution < -0.4 is 5.73 Å². The summed E-state index contributed by atoms with van der Waals surface area (Å²) >= 11 is 0. The maximum atomic E-state index is 10.6. The van der Waals surface area contributed by atoms with Crippen LogP contribution in [0.3, 0.4) is 0 Å². The number of aromatic amines is 1. The monoisotopic (exact) mass is 278 g/mol. The van der Waals surface area contributed by atoms with Crippen LogP contribution in [0.15, 0.2) is 30.5 Å². The Kier molecular flexibility index (Phi) is 4.14. The second-order valence-corrected chi connectivity index (χ2v) is 3.51. The van der Waals surface area contributed by atoms with Crippen molar-refractivity contribution < 1.29 is 9.90 Å². The Morgan fingerprint density at radius 2 is 2.12 bits per heavy atom. The van der Waals surface area contributed by atoms with E-state index in [2.05, 4.69) is 4.98 Å². The molecule has 1 aromatic carbocycles. The number of aromatic nitrogens is 1. The third kappa shape index (κ3) is 2.45. The molecule has 0 aliphatic carbocycles. The molecule has 1 heterocycles. The van der Waals surface area contributed by atoms with Crippen LogP contribution in [0, 0.1) is 0 Å². The van der Waals surface area contributed by atoms with Crippen molar-refractivity contribution in [2.24, 2.45) is 5.73 Å². The number of carbonyl (C=O) groups is 1. The number of nitrogens with two attached hydrogens (primary N) is 1. The SMILES string of the molecule is NC(Cc1c[nH]c2ccccc12)C(=O)O.[Ge]. The Bertz CT molecular complexity index is 495. The molecule has 4 radical (unpaired) electrons. The fraction of sp³-hybridized carbons (Fsp3) is 0.182. The average Bonchev–Trinajstić information content (AvgIpc) is 2.62. The van der Waals surface area contributed by atoms with Gasteiger partial charge in [0.2, 0.25) is 0 Å². The van der Waals surface area contributed by atoms with Crippen molar-refractivity contribution in [2.45, 2.75) is 12.5 Å². The third-order valence-corrected chi connectivity index (χ3v) is 2.43. The van der Waals surface area contributed by atoms with Gasteiger partial charge < -0.3 is 15.8 Å². The summed E-state index contributed by atoms with van der Waals surface area (Å²) < 4.78 is 0. The van der Waals surface area contributed by atoms with Gasteiger partial charge in [0.25, 0.3) is 0 Å². The smallest absolute Gasteiger partial charge is 0.320 e. The van der Waals surface area contributed by atoms with Crippen LogP contribution in [0.25, 0.3) is 10.9 Å². The molecule has 0 spiro atoms. The first-order valence-electron chi connectivity index (χ1n) is 4.72. The zero-order valence-electron chi connectivity index (χ0n) is 8.60. The molecule has 0 amide bonds. The summed E-state index contributed by atoms with van der Waals surface area (Å²) in [6.45, 7) is 0. The van der Waals surface area contributed by atoms with E-state index in [1.807, 2.05) is 30.5 Å². The molecular formula is C11H12GeN2O2. The molecule has 1 atom stereocenters. The van der Waals surface area contributed by atoms with Gasteiger partial charge in [-0.1, -0.05) is 18.2 Å². The van der Waals surface area contributed by atoms with Crippen LogP contribution in [0.5, 0.6) is 0 Å². The van der Waals surface area contributed by atoms with Crippen LogP contribution in [-0.2, 0) is 11.2 Å². The van der Waals surface area contributed by atoms with Crippen molar-refractivity contribution in [1.29, 1.82) is 0 Å². The number of aliphatic carboxylic acids is 1. The van der Waals surface area contributed by atoms with Crippen molar-refractivity contribution >= 4 is 34.5 Å². The Labute approximate surface area is 104 Å². The number of hydrogen-bond donors (Lipinski definition) is 3. The Morgan fingerprint density at radius 1 is 1.44 bits per heavy atom. The molecule has 16 heavy (non-hydrogen) atoms. The molecule has 0 saturated carbocycles. The number of carboxylic acids is 1. The van der Waals surface area contributed by atoms with Crippen LogP contribution >= 0.6 is 0 Å². The van der Waals surface area contributed by atoms with Crippen molar-refractivity contribution in [1.82, 2.24) is 4.98 Å². The summed E-state index contributed by atoms with van der Waals surface area (Å²) in [5.41, 5.74) is 7.43. The van der Waals surface area contributed by atoms with Crippen molar-refractivity contribution in [2.75, 3.05) is 0 Å². The number of rotatable bonds is 3. The van der Waals surface area contributed by atoms with E-state index in [-0.39, 0.29) is 17.6 Å². The molecule has 2 aromatic rings.